The van der Waals surface area contributed by atoms with Gasteiger partial charge in [-0.15, -0.1) is 0 Å². The normalized spacial score (nSPS) is 17.0. The Bertz CT molecular complexity index is 623. The summed E-state index contributed by atoms with van der Waals surface area (Å²) in [5.41, 5.74) is 1.55. The minimum atomic E-state index is -0.261. The van der Waals surface area contributed by atoms with Crippen molar-refractivity contribution in [1.29, 1.82) is 0 Å². The van der Waals surface area contributed by atoms with Crippen LogP contribution >= 0.6 is 0 Å². The molecule has 6 nitrogen and oxygen atoms in total. The number of nitrogens with one attached hydrogen (secondary N) is 2. The molecule has 6 heteroatoms. The summed E-state index contributed by atoms with van der Waals surface area (Å²) in [6.45, 7) is 3.95. The molecule has 2 aromatic rings. The summed E-state index contributed by atoms with van der Waals surface area (Å²) in [6, 6.07) is 2.01. The molecule has 0 saturated carbocycles. The molecule has 112 valence electrons. The standard InChI is InChI=1S/C15H20N4O2/c1-10-17-13(9-21-10)15(20)18-14-7-12(8-16-14)11-3-5-19(2)6-4-11/h7-9,11,16H,3-6H2,1-2H3,(H,18,20). The third kappa shape index (κ3) is 3.16. The first-order valence-corrected chi connectivity index (χ1v) is 7.22. The summed E-state index contributed by atoms with van der Waals surface area (Å²) in [7, 11) is 2.15. The highest BCUT2D eigenvalue weighted by molar-refractivity contribution is 6.02. The summed E-state index contributed by atoms with van der Waals surface area (Å²) in [6.07, 6.45) is 5.67. The number of hydrogen-bond donors (Lipinski definition) is 2. The number of nitrogens with zero attached hydrogens (tertiary/aromatic N) is 2. The fraction of sp³-hybridized carbons (Fsp3) is 0.467. The highest BCUT2D eigenvalue weighted by Gasteiger charge is 2.20. The van der Waals surface area contributed by atoms with Gasteiger partial charge in [-0.3, -0.25) is 4.79 Å². The third-order valence-electron chi connectivity index (χ3n) is 4.00. The molecule has 1 aliphatic rings. The van der Waals surface area contributed by atoms with Gasteiger partial charge in [0.05, 0.1) is 0 Å². The lowest BCUT2D eigenvalue weighted by Crippen LogP contribution is -2.29. The second-order valence-electron chi connectivity index (χ2n) is 5.63. The molecule has 0 bridgehead atoms. The molecule has 21 heavy (non-hydrogen) atoms. The molecular formula is C15H20N4O2. The zero-order valence-corrected chi connectivity index (χ0v) is 12.3. The number of carbonyl (C=O) groups is 1. The van der Waals surface area contributed by atoms with E-state index in [1.165, 1.54) is 11.8 Å². The average molecular weight is 288 g/mol. The zero-order chi connectivity index (χ0) is 14.8. The number of amides is 1. The maximum absolute atomic E-state index is 12.0. The van der Waals surface area contributed by atoms with Gasteiger partial charge in [0.1, 0.15) is 12.1 Å². The van der Waals surface area contributed by atoms with E-state index < -0.39 is 0 Å². The van der Waals surface area contributed by atoms with Crippen LogP contribution in [0.25, 0.3) is 0 Å². The van der Waals surface area contributed by atoms with Crippen molar-refractivity contribution >= 4 is 11.7 Å². The van der Waals surface area contributed by atoms with Crippen molar-refractivity contribution in [2.75, 3.05) is 25.5 Å². The van der Waals surface area contributed by atoms with Crippen molar-refractivity contribution < 1.29 is 9.21 Å². The van der Waals surface area contributed by atoms with Gasteiger partial charge in [-0.2, -0.15) is 0 Å². The minimum absolute atomic E-state index is 0.261. The topological polar surface area (TPSA) is 74.2 Å². The average Bonchev–Trinajstić information content (AvgIpc) is 3.09. The van der Waals surface area contributed by atoms with Gasteiger partial charge in [-0.05, 0) is 50.5 Å². The first-order chi connectivity index (χ1) is 10.1. The van der Waals surface area contributed by atoms with Gasteiger partial charge in [-0.25, -0.2) is 4.98 Å². The molecule has 0 aromatic carbocycles. The van der Waals surface area contributed by atoms with Crippen LogP contribution in [-0.2, 0) is 0 Å². The Kier molecular flexibility index (Phi) is 3.79. The Morgan fingerprint density at radius 3 is 2.90 bits per heavy atom. The van der Waals surface area contributed by atoms with Gasteiger partial charge in [0.25, 0.3) is 5.91 Å². The molecule has 1 aliphatic heterocycles. The van der Waals surface area contributed by atoms with E-state index in [0.717, 1.165) is 25.9 Å². The summed E-state index contributed by atoms with van der Waals surface area (Å²) in [5.74, 6) is 1.49. The van der Waals surface area contributed by atoms with Gasteiger partial charge in [0.15, 0.2) is 11.6 Å². The highest BCUT2D eigenvalue weighted by atomic mass is 16.3. The van der Waals surface area contributed by atoms with Crippen molar-refractivity contribution in [2.45, 2.75) is 25.7 Å². The van der Waals surface area contributed by atoms with E-state index in [1.54, 1.807) is 6.92 Å². The van der Waals surface area contributed by atoms with Crippen LogP contribution in [-0.4, -0.2) is 40.9 Å². The molecule has 0 atom stereocenters. The Morgan fingerprint density at radius 2 is 2.24 bits per heavy atom. The van der Waals surface area contributed by atoms with Gasteiger partial charge in [0, 0.05) is 13.1 Å². The Balaban J connectivity index is 1.64. The lowest BCUT2D eigenvalue weighted by Gasteiger charge is -2.28. The number of anilines is 1. The molecule has 0 aliphatic carbocycles. The van der Waals surface area contributed by atoms with E-state index in [2.05, 4.69) is 27.2 Å². The monoisotopic (exact) mass is 288 g/mol. The van der Waals surface area contributed by atoms with E-state index in [4.69, 9.17) is 4.42 Å². The summed E-state index contributed by atoms with van der Waals surface area (Å²) in [5, 5.41) is 2.81. The summed E-state index contributed by atoms with van der Waals surface area (Å²) in [4.78, 5) is 21.5. The first-order valence-electron chi connectivity index (χ1n) is 7.22. The SMILES string of the molecule is Cc1nc(C(=O)Nc2cc(C3CCN(C)CC3)c[nH]2)co1. The van der Waals surface area contributed by atoms with Crippen molar-refractivity contribution in [3.63, 3.8) is 0 Å². The molecule has 3 heterocycles. The van der Waals surface area contributed by atoms with Crippen LogP contribution in [0.15, 0.2) is 22.9 Å². The number of aromatic nitrogens is 2. The Hall–Kier alpha value is -2.08. The van der Waals surface area contributed by atoms with Crippen LogP contribution in [0.3, 0.4) is 0 Å². The van der Waals surface area contributed by atoms with Crippen LogP contribution in [0.4, 0.5) is 5.82 Å². The lowest BCUT2D eigenvalue weighted by molar-refractivity contribution is 0.102. The zero-order valence-electron chi connectivity index (χ0n) is 12.3. The number of H-pyrrole nitrogens is 1. The van der Waals surface area contributed by atoms with Crippen molar-refractivity contribution in [3.8, 4) is 0 Å². The molecule has 2 N–H and O–H groups in total. The number of aryl methyl sites for hydroxylation is 1. The van der Waals surface area contributed by atoms with Crippen LogP contribution < -0.4 is 5.32 Å². The van der Waals surface area contributed by atoms with E-state index >= 15 is 0 Å². The van der Waals surface area contributed by atoms with Gasteiger partial charge in [-0.1, -0.05) is 0 Å². The molecule has 1 saturated heterocycles. The molecule has 0 radical (unpaired) electrons. The maximum atomic E-state index is 12.0. The largest absolute Gasteiger partial charge is 0.448 e. The predicted molar refractivity (Wildman–Crippen MR) is 79.5 cm³/mol. The number of carbonyl (C=O) groups excluding carboxylic acids is 1. The van der Waals surface area contributed by atoms with Gasteiger partial charge in [0.2, 0.25) is 0 Å². The number of piperidine rings is 1. The first kappa shape index (κ1) is 13.9. The fourth-order valence-electron chi connectivity index (χ4n) is 2.71. The maximum Gasteiger partial charge on any atom is 0.278 e. The van der Waals surface area contributed by atoms with Crippen LogP contribution in [0.1, 0.15) is 40.7 Å². The van der Waals surface area contributed by atoms with Crippen LogP contribution in [0.5, 0.6) is 0 Å². The van der Waals surface area contributed by atoms with E-state index in [-0.39, 0.29) is 5.91 Å². The Morgan fingerprint density at radius 1 is 1.48 bits per heavy atom. The van der Waals surface area contributed by atoms with Crippen LogP contribution in [0.2, 0.25) is 0 Å². The number of likely N-dealkylation sites (tertiary alicyclic amines) is 1. The van der Waals surface area contributed by atoms with Crippen molar-refractivity contribution in [2.24, 2.45) is 0 Å². The van der Waals surface area contributed by atoms with E-state index in [9.17, 15) is 4.79 Å². The molecule has 3 rings (SSSR count). The second-order valence-corrected chi connectivity index (χ2v) is 5.63. The molecule has 2 aromatic heterocycles. The number of hydrogen-bond acceptors (Lipinski definition) is 4. The number of oxazole rings is 1. The number of rotatable bonds is 3. The van der Waals surface area contributed by atoms with E-state index in [0.29, 0.717) is 23.3 Å². The van der Waals surface area contributed by atoms with Crippen LogP contribution in [0, 0.1) is 6.92 Å². The minimum Gasteiger partial charge on any atom is -0.448 e. The second kappa shape index (κ2) is 5.73. The number of aromatic amines is 1. The lowest BCUT2D eigenvalue weighted by atomic mass is 9.91. The molecule has 0 unspecified atom stereocenters. The molecular weight excluding hydrogens is 268 g/mol. The van der Waals surface area contributed by atoms with Gasteiger partial charge >= 0.3 is 0 Å². The Labute approximate surface area is 123 Å². The molecule has 1 amide bonds. The van der Waals surface area contributed by atoms with E-state index in [1.807, 2.05) is 12.3 Å². The molecule has 0 spiro atoms. The quantitative estimate of drug-likeness (QED) is 0.909. The van der Waals surface area contributed by atoms with Crippen molar-refractivity contribution in [1.82, 2.24) is 14.9 Å². The fourth-order valence-corrected chi connectivity index (χ4v) is 2.71. The predicted octanol–water partition coefficient (Wildman–Crippen LogP) is 2.37. The smallest absolute Gasteiger partial charge is 0.278 e. The summed E-state index contributed by atoms with van der Waals surface area (Å²) < 4.78 is 5.05. The van der Waals surface area contributed by atoms with Gasteiger partial charge < -0.3 is 19.6 Å². The molecule has 1 fully saturated rings. The summed E-state index contributed by atoms with van der Waals surface area (Å²) >= 11 is 0. The van der Waals surface area contributed by atoms with Crippen molar-refractivity contribution in [3.05, 3.63) is 35.7 Å². The highest BCUT2D eigenvalue weighted by Crippen LogP contribution is 2.29. The third-order valence-corrected chi connectivity index (χ3v) is 4.00.